The molecule has 0 radical (unpaired) electrons. The van der Waals surface area contributed by atoms with E-state index in [2.05, 4.69) is 47.6 Å². The minimum absolute atomic E-state index is 0.0144. The lowest BCUT2D eigenvalue weighted by Gasteiger charge is -2.68. The van der Waals surface area contributed by atoms with Crippen molar-refractivity contribution in [2.24, 2.45) is 50.7 Å². The van der Waals surface area contributed by atoms with E-state index in [1.165, 1.54) is 5.57 Å². The molecule has 63 heavy (non-hydrogen) atoms. The average molecular weight is 899 g/mol. The molecular formula is C46H74O17. The van der Waals surface area contributed by atoms with Gasteiger partial charge in [-0.1, -0.05) is 53.2 Å². The zero-order valence-corrected chi connectivity index (χ0v) is 37.6. The highest BCUT2D eigenvalue weighted by molar-refractivity contribution is 5.76. The van der Waals surface area contributed by atoms with Crippen molar-refractivity contribution in [2.45, 2.75) is 198 Å². The largest absolute Gasteiger partial charge is 0.481 e. The van der Waals surface area contributed by atoms with E-state index in [0.717, 1.165) is 57.8 Å². The fourth-order valence-electron chi connectivity index (χ4n) is 14.4. The van der Waals surface area contributed by atoms with Crippen LogP contribution < -0.4 is 0 Å². The number of carbonyl (C=O) groups is 1. The van der Waals surface area contributed by atoms with Crippen molar-refractivity contribution >= 4 is 5.97 Å². The van der Waals surface area contributed by atoms with Crippen molar-refractivity contribution < 1.29 is 84.3 Å². The molecule has 8 aliphatic rings. The predicted octanol–water partition coefficient (Wildman–Crippen LogP) is 0.955. The van der Waals surface area contributed by atoms with Crippen LogP contribution in [-0.2, 0) is 33.2 Å². The first-order valence-electron chi connectivity index (χ1n) is 23.3. The molecule has 8 rings (SSSR count). The van der Waals surface area contributed by atoms with Crippen LogP contribution in [-0.4, -0.2) is 169 Å². The van der Waals surface area contributed by atoms with Gasteiger partial charge in [0.15, 0.2) is 18.9 Å². The van der Waals surface area contributed by atoms with E-state index in [0.29, 0.717) is 18.3 Å². The fraction of sp³-hybridized carbons (Fsp3) is 0.935. The van der Waals surface area contributed by atoms with Crippen LogP contribution in [0.15, 0.2) is 11.6 Å². The molecular weight excluding hydrogens is 824 g/mol. The maximum atomic E-state index is 13.0. The van der Waals surface area contributed by atoms with Gasteiger partial charge < -0.3 is 79.5 Å². The topological polar surface area (TPSA) is 275 Å². The lowest BCUT2D eigenvalue weighted by Crippen LogP contribution is -2.66. The maximum absolute atomic E-state index is 13.0. The Hall–Kier alpha value is -1.39. The van der Waals surface area contributed by atoms with Crippen molar-refractivity contribution in [1.82, 2.24) is 0 Å². The van der Waals surface area contributed by atoms with Gasteiger partial charge in [0.25, 0.3) is 0 Å². The van der Waals surface area contributed by atoms with Gasteiger partial charge in [0.2, 0.25) is 0 Å². The summed E-state index contributed by atoms with van der Waals surface area (Å²) >= 11 is 0. The van der Waals surface area contributed by atoms with Crippen molar-refractivity contribution in [3.8, 4) is 0 Å². The number of aliphatic hydroxyl groups is 9. The molecule has 3 saturated heterocycles. The summed E-state index contributed by atoms with van der Waals surface area (Å²) in [6, 6.07) is 0. The molecule has 360 valence electrons. The van der Waals surface area contributed by atoms with Crippen molar-refractivity contribution in [3.63, 3.8) is 0 Å². The highest BCUT2D eigenvalue weighted by atomic mass is 16.7. The lowest BCUT2D eigenvalue weighted by atomic mass is 9.37. The summed E-state index contributed by atoms with van der Waals surface area (Å²) in [6.07, 6.45) is -11.5. The first-order valence-corrected chi connectivity index (χ1v) is 23.3. The molecule has 3 aliphatic heterocycles. The number of rotatable bonds is 9. The second-order valence-electron chi connectivity index (χ2n) is 22.5. The highest BCUT2D eigenvalue weighted by Gasteiger charge is 2.66. The van der Waals surface area contributed by atoms with Gasteiger partial charge in [0.05, 0.1) is 31.3 Å². The standard InChI is InChI=1S/C46H74O17/c1-42(2)15-16-46(41(56)57)14-9-22-21(23(46)17-42)7-8-28-44(22,5)12-10-27-43(3,4)29(11-13-45(27,28)6)62-40-36(55)37(32(51)25(18-47)60-40)63-39-35(54)33(52)31(50)26(61-39)20-59-38-34(53)30(49)24(48)19-58-38/h7,22-40,47-55H,8-20H2,1-6H3,(H,56,57)/t22-,23?,24-,25-,26-,27?,28+,29+,30+,31-,32-,33+,34-,35-,36-,37+,38+,39+,40+,44+,45+,46-/m1/s1. The molecule has 0 aromatic heterocycles. The van der Waals surface area contributed by atoms with Crippen molar-refractivity contribution in [3.05, 3.63) is 11.6 Å². The van der Waals surface area contributed by atoms with E-state index in [1.807, 2.05) is 0 Å². The molecule has 0 amide bonds. The molecule has 0 bridgehead atoms. The number of ether oxygens (including phenoxy) is 6. The Labute approximate surface area is 369 Å². The Morgan fingerprint density at radius 3 is 2.05 bits per heavy atom. The molecule has 3 heterocycles. The molecule has 17 nitrogen and oxygen atoms in total. The van der Waals surface area contributed by atoms with Crippen LogP contribution in [0.5, 0.6) is 0 Å². The Balaban J connectivity index is 0.962. The van der Waals surface area contributed by atoms with Gasteiger partial charge >= 0.3 is 5.97 Å². The zero-order chi connectivity index (χ0) is 45.8. The van der Waals surface area contributed by atoms with Gasteiger partial charge in [-0.25, -0.2) is 0 Å². The Bertz CT molecular complexity index is 1690. The third-order valence-corrected chi connectivity index (χ3v) is 18.2. The summed E-state index contributed by atoms with van der Waals surface area (Å²) in [6.45, 7) is 12.3. The lowest BCUT2D eigenvalue weighted by molar-refractivity contribution is -0.372. The number of carboxylic acids is 1. The van der Waals surface area contributed by atoms with Crippen LogP contribution in [0, 0.1) is 50.7 Å². The number of allylic oxidation sites excluding steroid dienone is 2. The normalized spacial score (nSPS) is 52.9. The zero-order valence-electron chi connectivity index (χ0n) is 37.6. The summed E-state index contributed by atoms with van der Waals surface area (Å²) in [4.78, 5) is 13.0. The molecule has 7 fully saturated rings. The predicted molar refractivity (Wildman–Crippen MR) is 220 cm³/mol. The van der Waals surface area contributed by atoms with E-state index in [-0.39, 0.29) is 34.7 Å². The van der Waals surface area contributed by atoms with E-state index in [4.69, 9.17) is 28.4 Å². The van der Waals surface area contributed by atoms with E-state index in [1.54, 1.807) is 0 Å². The summed E-state index contributed by atoms with van der Waals surface area (Å²) in [7, 11) is 0. The third kappa shape index (κ3) is 7.97. The van der Waals surface area contributed by atoms with Crippen LogP contribution in [0.25, 0.3) is 0 Å². The molecule has 2 unspecified atom stereocenters. The summed E-state index contributed by atoms with van der Waals surface area (Å²) < 4.78 is 35.3. The molecule has 5 aliphatic carbocycles. The Morgan fingerprint density at radius 1 is 0.683 bits per heavy atom. The number of aliphatic hydroxyl groups excluding tert-OH is 9. The smallest absolute Gasteiger partial charge is 0.310 e. The van der Waals surface area contributed by atoms with Crippen LogP contribution in [0.4, 0.5) is 0 Å². The molecule has 17 heteroatoms. The van der Waals surface area contributed by atoms with E-state index in [9.17, 15) is 55.9 Å². The second-order valence-corrected chi connectivity index (χ2v) is 22.5. The summed E-state index contributed by atoms with van der Waals surface area (Å²) in [5.41, 5.74) is 0.347. The Kier molecular flexibility index (Phi) is 13.2. The third-order valence-electron chi connectivity index (χ3n) is 18.2. The van der Waals surface area contributed by atoms with Crippen molar-refractivity contribution in [1.29, 1.82) is 0 Å². The fourth-order valence-corrected chi connectivity index (χ4v) is 14.4. The maximum Gasteiger partial charge on any atom is 0.310 e. The quantitative estimate of drug-likeness (QED) is 0.114. The number of hydrogen-bond acceptors (Lipinski definition) is 16. The van der Waals surface area contributed by atoms with Gasteiger partial charge in [-0.2, -0.15) is 0 Å². The number of carboxylic acid groups (broad SMARTS) is 1. The van der Waals surface area contributed by atoms with Crippen LogP contribution >= 0.6 is 0 Å². The summed E-state index contributed by atoms with van der Waals surface area (Å²) in [5, 5.41) is 107. The van der Waals surface area contributed by atoms with Crippen LogP contribution in [0.2, 0.25) is 0 Å². The molecule has 0 aromatic carbocycles. The van der Waals surface area contributed by atoms with Crippen LogP contribution in [0.3, 0.4) is 0 Å². The number of hydrogen-bond donors (Lipinski definition) is 10. The van der Waals surface area contributed by atoms with Crippen LogP contribution in [0.1, 0.15) is 106 Å². The second kappa shape index (κ2) is 17.3. The number of fused-ring (bicyclic) bond motifs is 7. The SMILES string of the molecule is CC1(C)CC[C@]2(C(=O)O)CC[C@@H]3C(=CC[C@H]4[C@@]3(C)CCC3C(C)(C)[C@@H](O[C@@H]5O[C@H](CO)[C@@H](O)[C@H](O[C@@H]6O[C@H](CO[C@@H]7OC[C@@H](O)[C@H](O)[C@H]7O)[C@@H](O)[C@H](O)[C@H]6O)[C@H]5O)CC[C@@]34C)C2C1. The highest BCUT2D eigenvalue weighted by Crippen LogP contribution is 2.72. The van der Waals surface area contributed by atoms with Gasteiger partial charge in [0, 0.05) is 0 Å². The summed E-state index contributed by atoms with van der Waals surface area (Å²) in [5.74, 6) is 0.358. The average Bonchev–Trinajstić information content (AvgIpc) is 3.22. The number of aliphatic carboxylic acids is 1. The van der Waals surface area contributed by atoms with Gasteiger partial charge in [-0.15, -0.1) is 0 Å². The first-order chi connectivity index (χ1) is 29.5. The van der Waals surface area contributed by atoms with E-state index >= 15 is 0 Å². The molecule has 4 saturated carbocycles. The molecule has 22 atom stereocenters. The van der Waals surface area contributed by atoms with Gasteiger partial charge in [0.1, 0.15) is 67.1 Å². The molecule has 10 N–H and O–H groups in total. The van der Waals surface area contributed by atoms with E-state index < -0.39 is 122 Å². The molecule has 0 aromatic rings. The van der Waals surface area contributed by atoms with Crippen molar-refractivity contribution in [2.75, 3.05) is 19.8 Å². The first kappa shape index (κ1) is 48.1. The Morgan fingerprint density at radius 2 is 1.35 bits per heavy atom. The van der Waals surface area contributed by atoms with Gasteiger partial charge in [-0.3, -0.25) is 4.79 Å². The monoisotopic (exact) mass is 898 g/mol. The minimum atomic E-state index is -1.86. The molecule has 0 spiro atoms. The van der Waals surface area contributed by atoms with Gasteiger partial charge in [-0.05, 0) is 110 Å². The minimum Gasteiger partial charge on any atom is -0.481 e.